The maximum atomic E-state index is 11.9. The van der Waals surface area contributed by atoms with E-state index in [0.29, 0.717) is 12.2 Å². The molecule has 0 fully saturated rings. The molecule has 29 heavy (non-hydrogen) atoms. The summed E-state index contributed by atoms with van der Waals surface area (Å²) in [5.74, 6) is -0.130. The maximum Gasteiger partial charge on any atom is 0.270 e. The van der Waals surface area contributed by atoms with Crippen molar-refractivity contribution in [2.24, 2.45) is 0 Å². The lowest BCUT2D eigenvalue weighted by molar-refractivity contribution is 0.0953. The van der Waals surface area contributed by atoms with Gasteiger partial charge in [0.2, 0.25) is 0 Å². The van der Waals surface area contributed by atoms with Crippen LogP contribution >= 0.6 is 0 Å². The third-order valence-electron chi connectivity index (χ3n) is 4.76. The zero-order valence-electron chi connectivity index (χ0n) is 18.9. The smallest absolute Gasteiger partial charge is 0.270 e. The summed E-state index contributed by atoms with van der Waals surface area (Å²) in [6, 6.07) is 5.35. The van der Waals surface area contributed by atoms with Gasteiger partial charge in [-0.05, 0) is 85.3 Å². The molecule has 158 valence electrons. The fourth-order valence-electron chi connectivity index (χ4n) is 2.89. The molecule has 0 unspecified atom stereocenters. The number of aromatic nitrogens is 1. The Morgan fingerprint density at radius 1 is 0.828 bits per heavy atom. The van der Waals surface area contributed by atoms with Crippen molar-refractivity contribution < 1.29 is 4.79 Å². The lowest BCUT2D eigenvalue weighted by Gasteiger charge is -2.04. The van der Waals surface area contributed by atoms with Crippen LogP contribution in [-0.4, -0.2) is 17.4 Å². The van der Waals surface area contributed by atoms with Gasteiger partial charge in [0.1, 0.15) is 5.69 Å². The summed E-state index contributed by atoms with van der Waals surface area (Å²) in [5, 5.41) is 2.88. The Kier molecular flexibility index (Phi) is 12.4. The Balaban J connectivity index is 2.24. The Morgan fingerprint density at radius 3 is 1.90 bits per heavy atom. The minimum atomic E-state index is -0.130. The third-order valence-corrected chi connectivity index (χ3v) is 4.76. The summed E-state index contributed by atoms with van der Waals surface area (Å²) in [6.45, 7) is 11.4. The highest BCUT2D eigenvalue weighted by atomic mass is 16.1. The van der Waals surface area contributed by atoms with Crippen LogP contribution in [0.1, 0.15) is 83.6 Å². The van der Waals surface area contributed by atoms with E-state index in [1.807, 2.05) is 6.07 Å². The first-order valence-corrected chi connectivity index (χ1v) is 10.7. The molecule has 3 nitrogen and oxygen atoms in total. The molecule has 0 radical (unpaired) electrons. The van der Waals surface area contributed by atoms with E-state index in [1.54, 1.807) is 18.3 Å². The van der Waals surface area contributed by atoms with Gasteiger partial charge >= 0.3 is 0 Å². The number of pyridine rings is 1. The Hall–Kier alpha value is -2.42. The predicted octanol–water partition coefficient (Wildman–Crippen LogP) is 6.96. The van der Waals surface area contributed by atoms with Crippen LogP contribution in [-0.2, 0) is 0 Å². The monoisotopic (exact) mass is 394 g/mol. The maximum absolute atomic E-state index is 11.9. The molecule has 0 bridgehead atoms. The van der Waals surface area contributed by atoms with Crippen molar-refractivity contribution in [3.8, 4) is 0 Å². The molecular formula is C26H38N2O. The first-order chi connectivity index (χ1) is 13.9. The van der Waals surface area contributed by atoms with Crippen LogP contribution in [0.25, 0.3) is 0 Å². The van der Waals surface area contributed by atoms with Gasteiger partial charge in [0, 0.05) is 12.7 Å². The van der Waals surface area contributed by atoms with Gasteiger partial charge < -0.3 is 5.32 Å². The average Bonchev–Trinajstić information content (AvgIpc) is 2.68. The van der Waals surface area contributed by atoms with Crippen molar-refractivity contribution in [2.45, 2.75) is 73.1 Å². The largest absolute Gasteiger partial charge is 0.347 e. The van der Waals surface area contributed by atoms with Crippen LogP contribution in [0.5, 0.6) is 0 Å². The topological polar surface area (TPSA) is 42.0 Å². The molecule has 1 heterocycles. The number of hydrogen-bond acceptors (Lipinski definition) is 2. The Morgan fingerprint density at radius 2 is 1.38 bits per heavy atom. The molecule has 1 amide bonds. The second-order valence-corrected chi connectivity index (χ2v) is 7.97. The zero-order valence-corrected chi connectivity index (χ0v) is 18.9. The standard InChI is InChI=1S/C26H38N2O/c1-21(2)11-8-12-22(3)13-9-14-23(4)15-10-16-24(5)18-20-28-26(29)25-17-6-7-19-27-25/h6-7,11,13,15,17-19H,8-10,12,14,16,20H2,1-5H3,(H,28,29). The van der Waals surface area contributed by atoms with Crippen LogP contribution in [0.2, 0.25) is 0 Å². The molecule has 0 spiro atoms. The Labute approximate surface area is 177 Å². The van der Waals surface area contributed by atoms with Gasteiger partial charge in [0.25, 0.3) is 5.91 Å². The average molecular weight is 395 g/mol. The van der Waals surface area contributed by atoms with E-state index in [4.69, 9.17) is 0 Å². The number of nitrogens with zero attached hydrogens (tertiary/aromatic N) is 1. The van der Waals surface area contributed by atoms with E-state index in [0.717, 1.165) is 38.5 Å². The van der Waals surface area contributed by atoms with E-state index in [2.05, 4.69) is 69.2 Å². The molecule has 1 rings (SSSR count). The van der Waals surface area contributed by atoms with Gasteiger partial charge in [-0.25, -0.2) is 0 Å². The van der Waals surface area contributed by atoms with Crippen LogP contribution in [0.15, 0.2) is 71.0 Å². The summed E-state index contributed by atoms with van der Waals surface area (Å²) in [4.78, 5) is 16.0. The molecule has 0 aliphatic heterocycles. The SMILES string of the molecule is CC(C)=CCCC(C)=CCCC(C)=CCCC(C)=CCNC(=O)c1ccccn1. The molecule has 0 aliphatic rings. The highest BCUT2D eigenvalue weighted by Crippen LogP contribution is 2.13. The van der Waals surface area contributed by atoms with Crippen LogP contribution in [0.3, 0.4) is 0 Å². The van der Waals surface area contributed by atoms with Gasteiger partial charge in [-0.3, -0.25) is 9.78 Å². The number of carbonyl (C=O) groups excluding carboxylic acids is 1. The highest BCUT2D eigenvalue weighted by molar-refractivity contribution is 5.92. The molecule has 1 aromatic rings. The molecule has 1 N–H and O–H groups in total. The van der Waals surface area contributed by atoms with Crippen molar-refractivity contribution in [1.29, 1.82) is 0 Å². The number of amides is 1. The van der Waals surface area contributed by atoms with Crippen molar-refractivity contribution in [1.82, 2.24) is 10.3 Å². The first-order valence-electron chi connectivity index (χ1n) is 10.7. The number of rotatable bonds is 12. The van der Waals surface area contributed by atoms with Crippen molar-refractivity contribution >= 4 is 5.91 Å². The van der Waals surface area contributed by atoms with Gasteiger partial charge in [-0.2, -0.15) is 0 Å². The molecule has 0 aliphatic carbocycles. The van der Waals surface area contributed by atoms with Gasteiger partial charge in [-0.15, -0.1) is 0 Å². The Bertz CT molecular complexity index is 735. The summed E-state index contributed by atoms with van der Waals surface area (Å²) in [6.07, 6.45) is 17.4. The van der Waals surface area contributed by atoms with Crippen molar-refractivity contribution in [2.75, 3.05) is 6.54 Å². The van der Waals surface area contributed by atoms with E-state index < -0.39 is 0 Å². The molecule has 0 atom stereocenters. The fourth-order valence-corrected chi connectivity index (χ4v) is 2.89. The molecule has 0 aromatic carbocycles. The summed E-state index contributed by atoms with van der Waals surface area (Å²) < 4.78 is 0. The lowest BCUT2D eigenvalue weighted by Crippen LogP contribution is -2.24. The second kappa shape index (κ2) is 14.6. The van der Waals surface area contributed by atoms with Gasteiger partial charge in [0.15, 0.2) is 0 Å². The van der Waals surface area contributed by atoms with Crippen molar-refractivity contribution in [3.63, 3.8) is 0 Å². The molecule has 0 saturated carbocycles. The van der Waals surface area contributed by atoms with Crippen LogP contribution in [0, 0.1) is 0 Å². The quantitative estimate of drug-likeness (QED) is 0.389. The molecule has 0 saturated heterocycles. The van der Waals surface area contributed by atoms with Crippen molar-refractivity contribution in [3.05, 3.63) is 76.7 Å². The fraction of sp³-hybridized carbons (Fsp3) is 0.462. The van der Waals surface area contributed by atoms with E-state index in [-0.39, 0.29) is 5.91 Å². The lowest BCUT2D eigenvalue weighted by atomic mass is 10.0. The minimum Gasteiger partial charge on any atom is -0.347 e. The number of allylic oxidation sites excluding steroid dienone is 7. The zero-order chi connectivity index (χ0) is 21.5. The summed E-state index contributed by atoms with van der Waals surface area (Å²) >= 11 is 0. The number of hydrogen-bond donors (Lipinski definition) is 1. The predicted molar refractivity (Wildman–Crippen MR) is 125 cm³/mol. The molecule has 1 aromatic heterocycles. The summed E-state index contributed by atoms with van der Waals surface area (Å²) in [5.41, 5.74) is 6.09. The summed E-state index contributed by atoms with van der Waals surface area (Å²) in [7, 11) is 0. The second-order valence-electron chi connectivity index (χ2n) is 7.97. The number of nitrogens with one attached hydrogen (secondary N) is 1. The van der Waals surface area contributed by atoms with Crippen LogP contribution < -0.4 is 5.32 Å². The van der Waals surface area contributed by atoms with E-state index in [9.17, 15) is 4.79 Å². The van der Waals surface area contributed by atoms with E-state index >= 15 is 0 Å². The normalized spacial score (nSPS) is 12.7. The van der Waals surface area contributed by atoms with Crippen LogP contribution in [0.4, 0.5) is 0 Å². The minimum absolute atomic E-state index is 0.130. The third kappa shape index (κ3) is 12.6. The molecular weight excluding hydrogens is 356 g/mol. The van der Waals surface area contributed by atoms with E-state index in [1.165, 1.54) is 22.3 Å². The number of carbonyl (C=O) groups is 1. The molecule has 3 heteroatoms. The highest BCUT2D eigenvalue weighted by Gasteiger charge is 2.03. The van der Waals surface area contributed by atoms with Gasteiger partial charge in [0.05, 0.1) is 0 Å². The van der Waals surface area contributed by atoms with Gasteiger partial charge in [-0.1, -0.05) is 52.7 Å². The first kappa shape index (κ1) is 24.6.